The summed E-state index contributed by atoms with van der Waals surface area (Å²) in [5, 5.41) is 53.6. The Bertz CT molecular complexity index is 1670. The van der Waals surface area contributed by atoms with Gasteiger partial charge >= 0.3 is 5.97 Å². The number of carbonyl (C=O) groups excluding carboxylic acids is 3. The molecule has 2 amide bonds. The molecule has 6 N–H and O–H groups in total. The van der Waals surface area contributed by atoms with E-state index in [9.17, 15) is 35.1 Å². The van der Waals surface area contributed by atoms with Gasteiger partial charge in [0.15, 0.2) is 18.1 Å². The largest absolute Gasteiger partial charge is 0.458 e. The molecule has 1 aromatic carbocycles. The Labute approximate surface area is 350 Å². The van der Waals surface area contributed by atoms with Gasteiger partial charge in [-0.25, -0.2) is 0 Å². The molecule has 17 nitrogen and oxygen atoms in total. The molecule has 60 heavy (non-hydrogen) atoms. The fraction of sp³-hybridized carbons (Fsp3) is 0.744. The summed E-state index contributed by atoms with van der Waals surface area (Å²) >= 11 is 0. The molecule has 5 saturated heterocycles. The van der Waals surface area contributed by atoms with E-state index in [0.29, 0.717) is 32.2 Å². The Hall–Kier alpha value is -3.07. The van der Waals surface area contributed by atoms with Crippen molar-refractivity contribution in [3.63, 3.8) is 0 Å². The fourth-order valence-electron chi connectivity index (χ4n) is 10.0. The number of carbonyl (C=O) groups is 3. The summed E-state index contributed by atoms with van der Waals surface area (Å²) in [5.74, 6) is -2.22. The monoisotopic (exact) mass is 845 g/mol. The van der Waals surface area contributed by atoms with Crippen LogP contribution in [0.1, 0.15) is 95.6 Å². The topological polar surface area (TPSA) is 226 Å². The second kappa shape index (κ2) is 19.5. The van der Waals surface area contributed by atoms with Crippen LogP contribution in [-0.4, -0.2) is 159 Å². The lowest BCUT2D eigenvalue weighted by Gasteiger charge is -2.50. The van der Waals surface area contributed by atoms with E-state index in [2.05, 4.69) is 19.2 Å². The molecule has 0 radical (unpaired) electrons. The molecule has 2 bridgehead atoms. The second-order valence-electron chi connectivity index (χ2n) is 17.1. The van der Waals surface area contributed by atoms with Crippen molar-refractivity contribution in [2.24, 2.45) is 5.41 Å². The van der Waals surface area contributed by atoms with Crippen molar-refractivity contribution in [3.05, 3.63) is 41.5 Å². The van der Waals surface area contributed by atoms with Gasteiger partial charge in [-0.05, 0) is 36.8 Å². The smallest absolute Gasteiger partial charge is 0.327 e. The first-order valence-electron chi connectivity index (χ1n) is 21.9. The predicted molar refractivity (Wildman–Crippen MR) is 212 cm³/mol. The quantitative estimate of drug-likeness (QED) is 0.0846. The molecule has 334 valence electrons. The first-order chi connectivity index (χ1) is 29.0. The van der Waals surface area contributed by atoms with Crippen molar-refractivity contribution in [1.29, 1.82) is 0 Å². The number of rotatable bonds is 19. The summed E-state index contributed by atoms with van der Waals surface area (Å²) in [5.41, 5.74) is 0.0927. The minimum absolute atomic E-state index is 0.0257. The highest BCUT2D eigenvalue weighted by Crippen LogP contribution is 2.59. The molecule has 6 aliphatic rings. The number of aliphatic hydroxyl groups excluding tert-OH is 5. The molecule has 0 aromatic heterocycles. The molecule has 0 unspecified atom stereocenters. The van der Waals surface area contributed by atoms with Crippen molar-refractivity contribution < 1.29 is 68.4 Å². The van der Waals surface area contributed by atoms with E-state index in [0.717, 1.165) is 49.7 Å². The molecular weight excluding hydrogens is 782 g/mol. The van der Waals surface area contributed by atoms with Crippen LogP contribution in [-0.2, 0) is 49.5 Å². The molecule has 7 rings (SSSR count). The van der Waals surface area contributed by atoms with Crippen molar-refractivity contribution in [1.82, 2.24) is 15.3 Å². The van der Waals surface area contributed by atoms with Crippen molar-refractivity contribution in [2.45, 2.75) is 164 Å². The average Bonchev–Trinajstić information content (AvgIpc) is 3.98. The number of hydroxylamine groups is 2. The van der Waals surface area contributed by atoms with Gasteiger partial charge in [0, 0.05) is 32.4 Å². The third-order valence-electron chi connectivity index (χ3n) is 13.0. The number of hydrogen-bond acceptors (Lipinski definition) is 15. The molecule has 5 heterocycles. The summed E-state index contributed by atoms with van der Waals surface area (Å²) in [6.45, 7) is 3.96. The minimum atomic E-state index is -1.55. The van der Waals surface area contributed by atoms with E-state index in [4.69, 9.17) is 28.5 Å². The Balaban J connectivity index is 1.15. The molecule has 1 saturated carbocycles. The maximum Gasteiger partial charge on any atom is 0.327 e. The first kappa shape index (κ1) is 45.0. The summed E-state index contributed by atoms with van der Waals surface area (Å²) in [6, 6.07) is 5.58. The lowest BCUT2D eigenvalue weighted by Crippen LogP contribution is -2.70. The Morgan fingerprint density at radius 2 is 1.75 bits per heavy atom. The SMILES string of the molecule is CCCCCC1(CCCCC)O[C@@H]2[C@H](O1)[C@H]1ON(Cc3cccc(C=CCO[C@H]4O[C@H](CO)[C@H](O)[C@H](O)[C@H]4O)c3)[C@@H]3C(=O)O[C@@H]2C[C@]13C(=O)N1CCC[C@@H]1C(=O)NCCO. The number of amides is 2. The lowest BCUT2D eigenvalue weighted by atomic mass is 9.62. The molecule has 1 aliphatic carbocycles. The Kier molecular flexibility index (Phi) is 14.6. The zero-order valence-electron chi connectivity index (χ0n) is 34.6. The van der Waals surface area contributed by atoms with Gasteiger partial charge in [0.05, 0.1) is 26.4 Å². The number of hydrogen-bond donors (Lipinski definition) is 6. The van der Waals surface area contributed by atoms with Crippen LogP contribution in [0.4, 0.5) is 0 Å². The van der Waals surface area contributed by atoms with Crippen LogP contribution in [0.15, 0.2) is 30.3 Å². The summed E-state index contributed by atoms with van der Waals surface area (Å²) in [7, 11) is 0. The normalized spacial score (nSPS) is 35.8. The van der Waals surface area contributed by atoms with Crippen LogP contribution in [0.2, 0.25) is 0 Å². The maximum absolute atomic E-state index is 15.3. The van der Waals surface area contributed by atoms with Crippen LogP contribution >= 0.6 is 0 Å². The van der Waals surface area contributed by atoms with Gasteiger partial charge in [0.25, 0.3) is 0 Å². The standard InChI is InChI=1S/C43H63N3O14/c1-3-5-7-16-42(17-8-6-4-2)58-34-29-23-43(41(54)45-19-10-15-28(45)38(52)44-18-20-47)36(39(53)56-29)46(60-37(43)35(34)59-42)24-27-13-9-12-26(22-27)14-11-21-55-40-33(51)32(50)31(49)30(25-48)57-40/h9,11-14,22,28-37,40,47-51H,3-8,10,15-21,23-25H2,1-2H3,(H,44,52)/t28-,29-,30-,31+,32+,33-,34+,35+,36-,37-,40+,43-/m1/s1. The van der Waals surface area contributed by atoms with E-state index in [-0.39, 0.29) is 44.5 Å². The van der Waals surface area contributed by atoms with Gasteiger partial charge in [-0.3, -0.25) is 19.2 Å². The number of aliphatic hydroxyl groups is 5. The minimum Gasteiger partial charge on any atom is -0.458 e. The van der Waals surface area contributed by atoms with Gasteiger partial charge in [0.1, 0.15) is 60.3 Å². The maximum atomic E-state index is 15.3. The van der Waals surface area contributed by atoms with Crippen LogP contribution in [0.3, 0.4) is 0 Å². The van der Waals surface area contributed by atoms with E-state index in [1.807, 2.05) is 24.3 Å². The van der Waals surface area contributed by atoms with Crippen LogP contribution in [0, 0.1) is 5.41 Å². The van der Waals surface area contributed by atoms with Crippen LogP contribution in [0.5, 0.6) is 0 Å². The van der Waals surface area contributed by atoms with Gasteiger partial charge in [-0.2, -0.15) is 5.06 Å². The van der Waals surface area contributed by atoms with Gasteiger partial charge in [-0.15, -0.1) is 0 Å². The first-order valence-corrected chi connectivity index (χ1v) is 21.9. The summed E-state index contributed by atoms with van der Waals surface area (Å²) in [4.78, 5) is 51.5. The predicted octanol–water partition coefficient (Wildman–Crippen LogP) is 1.06. The Morgan fingerprint density at radius 3 is 2.47 bits per heavy atom. The third-order valence-corrected chi connectivity index (χ3v) is 13.0. The second-order valence-corrected chi connectivity index (χ2v) is 17.1. The van der Waals surface area contributed by atoms with E-state index in [1.165, 1.54) is 0 Å². The highest BCUT2D eigenvalue weighted by Gasteiger charge is 2.77. The van der Waals surface area contributed by atoms with E-state index >= 15 is 4.79 Å². The van der Waals surface area contributed by atoms with E-state index in [1.54, 1.807) is 22.1 Å². The highest BCUT2D eigenvalue weighted by molar-refractivity contribution is 5.96. The zero-order valence-corrected chi connectivity index (χ0v) is 34.6. The molecular formula is C43H63N3O14. The molecule has 6 fully saturated rings. The number of benzene rings is 1. The van der Waals surface area contributed by atoms with Crippen molar-refractivity contribution in [2.75, 3.05) is 32.9 Å². The van der Waals surface area contributed by atoms with E-state index < -0.39 is 91.0 Å². The zero-order chi connectivity index (χ0) is 42.6. The fourth-order valence-corrected chi connectivity index (χ4v) is 10.0. The molecule has 5 aliphatic heterocycles. The number of unbranched alkanes of at least 4 members (excludes halogenated alkanes) is 4. The average molecular weight is 846 g/mol. The van der Waals surface area contributed by atoms with Gasteiger partial charge in [0.2, 0.25) is 11.8 Å². The number of esters is 1. The van der Waals surface area contributed by atoms with Gasteiger partial charge < -0.3 is 59.4 Å². The number of ether oxygens (including phenoxy) is 5. The number of fused-ring (bicyclic) bond motifs is 4. The number of likely N-dealkylation sites (tertiary alicyclic amines) is 1. The molecule has 0 spiro atoms. The summed E-state index contributed by atoms with van der Waals surface area (Å²) < 4.78 is 31.2. The molecule has 17 heteroatoms. The van der Waals surface area contributed by atoms with Crippen LogP contribution < -0.4 is 5.32 Å². The lowest BCUT2D eigenvalue weighted by molar-refractivity contribution is -0.298. The van der Waals surface area contributed by atoms with Crippen LogP contribution in [0.25, 0.3) is 6.08 Å². The molecule has 12 atom stereocenters. The van der Waals surface area contributed by atoms with Gasteiger partial charge in [-0.1, -0.05) is 75.9 Å². The van der Waals surface area contributed by atoms with Crippen molar-refractivity contribution in [3.8, 4) is 0 Å². The number of nitrogens with zero attached hydrogens (tertiary/aromatic N) is 2. The summed E-state index contributed by atoms with van der Waals surface area (Å²) in [6.07, 6.45) is 1.85. The Morgan fingerprint density at radius 1 is 1.00 bits per heavy atom. The van der Waals surface area contributed by atoms with Crippen molar-refractivity contribution >= 4 is 23.9 Å². The highest BCUT2D eigenvalue weighted by atomic mass is 16.8. The number of nitrogens with one attached hydrogen (secondary N) is 1. The molecule has 1 aromatic rings. The third kappa shape index (κ3) is 8.78.